The van der Waals surface area contributed by atoms with Crippen molar-refractivity contribution < 1.29 is 26.3 Å². The summed E-state index contributed by atoms with van der Waals surface area (Å²) in [5.41, 5.74) is -0.401. The second-order valence-electron chi connectivity index (χ2n) is 7.87. The summed E-state index contributed by atoms with van der Waals surface area (Å²) in [6.45, 7) is 0.675. The lowest BCUT2D eigenvalue weighted by Gasteiger charge is -2.33. The minimum Gasteiger partial charge on any atom is -0.355 e. The van der Waals surface area contributed by atoms with Gasteiger partial charge in [-0.15, -0.1) is 10.2 Å². The molecule has 0 aliphatic carbocycles. The van der Waals surface area contributed by atoms with Crippen LogP contribution in [0.3, 0.4) is 0 Å². The number of alkyl halides is 6. The minimum atomic E-state index is -4.72. The third kappa shape index (κ3) is 3.93. The average molecular weight is 466 g/mol. The van der Waals surface area contributed by atoms with E-state index in [0.717, 1.165) is 12.3 Å². The maximum absolute atomic E-state index is 13.4. The van der Waals surface area contributed by atoms with Crippen LogP contribution in [0.2, 0.25) is 0 Å². The third-order valence-electron chi connectivity index (χ3n) is 5.68. The lowest BCUT2D eigenvalue weighted by atomic mass is 9.97. The topological polar surface area (TPSA) is 59.2 Å². The SMILES string of the molecule is FC(F)(F)c1ccc2nnc(C3CCCN(c4nc(C(F)(F)F)nc5ccccc45)C3)n2c1. The van der Waals surface area contributed by atoms with E-state index in [1.54, 1.807) is 23.1 Å². The molecule has 5 rings (SSSR count). The lowest BCUT2D eigenvalue weighted by Crippen LogP contribution is -2.36. The first-order chi connectivity index (χ1) is 15.6. The number of halogens is 6. The molecule has 3 aromatic heterocycles. The Morgan fingerprint density at radius 2 is 1.67 bits per heavy atom. The molecular formula is C21H16F6N6. The van der Waals surface area contributed by atoms with Crippen molar-refractivity contribution in [3.8, 4) is 0 Å². The number of nitrogens with zero attached hydrogens (tertiary/aromatic N) is 6. The molecule has 0 amide bonds. The minimum absolute atomic E-state index is 0.141. The van der Waals surface area contributed by atoms with E-state index in [9.17, 15) is 26.3 Å². The number of hydrogen-bond donors (Lipinski definition) is 0. The van der Waals surface area contributed by atoms with Gasteiger partial charge < -0.3 is 4.90 Å². The van der Waals surface area contributed by atoms with Crippen LogP contribution >= 0.6 is 0 Å². The molecule has 4 heterocycles. The average Bonchev–Trinajstić information content (AvgIpc) is 3.20. The molecule has 6 nitrogen and oxygen atoms in total. The number of anilines is 1. The van der Waals surface area contributed by atoms with Crippen LogP contribution in [0, 0.1) is 0 Å². The fourth-order valence-electron chi connectivity index (χ4n) is 4.16. The van der Waals surface area contributed by atoms with Gasteiger partial charge in [-0.3, -0.25) is 4.40 Å². The van der Waals surface area contributed by atoms with E-state index in [4.69, 9.17) is 0 Å². The summed E-state index contributed by atoms with van der Waals surface area (Å²) in [7, 11) is 0. The van der Waals surface area contributed by atoms with E-state index in [1.807, 2.05) is 0 Å². The first-order valence-electron chi connectivity index (χ1n) is 10.1. The molecule has 1 fully saturated rings. The molecule has 0 bridgehead atoms. The largest absolute Gasteiger partial charge is 0.451 e. The monoisotopic (exact) mass is 466 g/mol. The summed E-state index contributed by atoms with van der Waals surface area (Å²) in [6, 6.07) is 8.60. The molecule has 12 heteroatoms. The molecule has 172 valence electrons. The smallest absolute Gasteiger partial charge is 0.355 e. The second kappa shape index (κ2) is 7.56. The number of rotatable bonds is 2. The second-order valence-corrected chi connectivity index (χ2v) is 7.87. The van der Waals surface area contributed by atoms with Gasteiger partial charge in [0.2, 0.25) is 5.82 Å². The highest BCUT2D eigenvalue weighted by atomic mass is 19.4. The Bertz CT molecular complexity index is 1330. The first-order valence-corrected chi connectivity index (χ1v) is 10.1. The number of fused-ring (bicyclic) bond motifs is 2. The van der Waals surface area contributed by atoms with Crippen LogP contribution in [0.1, 0.15) is 36.0 Å². The van der Waals surface area contributed by atoms with E-state index in [0.29, 0.717) is 30.6 Å². The van der Waals surface area contributed by atoms with Gasteiger partial charge in [-0.1, -0.05) is 12.1 Å². The maximum atomic E-state index is 13.4. The number of benzene rings is 1. The number of pyridine rings is 1. The Morgan fingerprint density at radius 1 is 0.879 bits per heavy atom. The van der Waals surface area contributed by atoms with Crippen LogP contribution in [0.4, 0.5) is 32.2 Å². The number of aromatic nitrogens is 5. The van der Waals surface area contributed by atoms with Crippen LogP contribution < -0.4 is 4.90 Å². The van der Waals surface area contributed by atoms with E-state index in [-0.39, 0.29) is 29.4 Å². The van der Waals surface area contributed by atoms with Crippen LogP contribution in [-0.2, 0) is 12.4 Å². The predicted octanol–water partition coefficient (Wildman–Crippen LogP) is 5.09. The zero-order valence-electron chi connectivity index (χ0n) is 16.9. The molecule has 0 saturated carbocycles. The Labute approximate surface area is 182 Å². The van der Waals surface area contributed by atoms with Crippen molar-refractivity contribution in [3.05, 3.63) is 59.8 Å². The normalized spacial score (nSPS) is 17.8. The Kier molecular flexibility index (Phi) is 4.91. The van der Waals surface area contributed by atoms with Crippen LogP contribution in [0.15, 0.2) is 42.6 Å². The molecule has 1 aliphatic heterocycles. The highest BCUT2D eigenvalue weighted by molar-refractivity contribution is 5.89. The number of piperidine rings is 1. The van der Waals surface area contributed by atoms with E-state index < -0.39 is 23.7 Å². The molecule has 1 atom stereocenters. The molecule has 33 heavy (non-hydrogen) atoms. The fourth-order valence-corrected chi connectivity index (χ4v) is 4.16. The highest BCUT2D eigenvalue weighted by Gasteiger charge is 2.37. The molecule has 0 spiro atoms. The van der Waals surface area contributed by atoms with Gasteiger partial charge in [0.15, 0.2) is 5.65 Å². The van der Waals surface area contributed by atoms with E-state index >= 15 is 0 Å². The van der Waals surface area contributed by atoms with Gasteiger partial charge in [-0.25, -0.2) is 9.97 Å². The Hall–Kier alpha value is -3.44. The van der Waals surface area contributed by atoms with E-state index in [1.165, 1.54) is 16.5 Å². The van der Waals surface area contributed by atoms with Crippen molar-refractivity contribution in [2.24, 2.45) is 0 Å². The third-order valence-corrected chi connectivity index (χ3v) is 5.68. The van der Waals surface area contributed by atoms with Gasteiger partial charge in [0.1, 0.15) is 11.6 Å². The summed E-state index contributed by atoms with van der Waals surface area (Å²) in [4.78, 5) is 9.18. The van der Waals surface area contributed by atoms with Gasteiger partial charge in [0.25, 0.3) is 0 Å². The summed E-state index contributed by atoms with van der Waals surface area (Å²) < 4.78 is 81.1. The van der Waals surface area contributed by atoms with Crippen molar-refractivity contribution in [1.29, 1.82) is 0 Å². The quantitative estimate of drug-likeness (QED) is 0.385. The molecular weight excluding hydrogens is 450 g/mol. The van der Waals surface area contributed by atoms with Crippen molar-refractivity contribution in [2.45, 2.75) is 31.1 Å². The molecule has 1 aliphatic rings. The summed E-state index contributed by atoms with van der Waals surface area (Å²) >= 11 is 0. The number of para-hydroxylation sites is 1. The zero-order chi connectivity index (χ0) is 23.4. The molecule has 4 aromatic rings. The molecule has 1 aromatic carbocycles. The van der Waals surface area contributed by atoms with Gasteiger partial charge >= 0.3 is 12.4 Å². The van der Waals surface area contributed by atoms with Crippen molar-refractivity contribution >= 4 is 22.4 Å². The first kappa shape index (κ1) is 21.4. The predicted molar refractivity (Wildman–Crippen MR) is 107 cm³/mol. The fraction of sp³-hybridized carbons (Fsp3) is 0.333. The Balaban J connectivity index is 1.55. The van der Waals surface area contributed by atoms with Gasteiger partial charge in [-0.2, -0.15) is 26.3 Å². The van der Waals surface area contributed by atoms with Gasteiger partial charge in [0, 0.05) is 30.6 Å². The molecule has 1 saturated heterocycles. The van der Waals surface area contributed by atoms with Crippen LogP contribution in [-0.4, -0.2) is 37.7 Å². The summed E-state index contributed by atoms with van der Waals surface area (Å²) in [6.07, 6.45) is -7.10. The van der Waals surface area contributed by atoms with E-state index in [2.05, 4.69) is 20.2 Å². The standard InChI is InChI=1S/C21H16F6N6/c22-20(23,24)13-7-8-16-30-31-17(33(16)11-13)12-4-3-9-32(10-12)18-14-5-1-2-6-15(14)28-19(29-18)21(25,26)27/h1-2,5-8,11-12H,3-4,9-10H2. The summed E-state index contributed by atoms with van der Waals surface area (Å²) in [5, 5.41) is 8.53. The van der Waals surface area contributed by atoms with Crippen molar-refractivity contribution in [3.63, 3.8) is 0 Å². The maximum Gasteiger partial charge on any atom is 0.451 e. The molecule has 0 radical (unpaired) electrons. The zero-order valence-corrected chi connectivity index (χ0v) is 16.9. The van der Waals surface area contributed by atoms with Crippen molar-refractivity contribution in [2.75, 3.05) is 18.0 Å². The van der Waals surface area contributed by atoms with Crippen LogP contribution in [0.5, 0.6) is 0 Å². The lowest BCUT2D eigenvalue weighted by molar-refractivity contribution is -0.144. The number of hydrogen-bond acceptors (Lipinski definition) is 5. The highest BCUT2D eigenvalue weighted by Crippen LogP contribution is 2.36. The molecule has 0 N–H and O–H groups in total. The van der Waals surface area contributed by atoms with Crippen molar-refractivity contribution in [1.82, 2.24) is 24.6 Å². The molecule has 1 unspecified atom stereocenters. The Morgan fingerprint density at radius 3 is 2.42 bits per heavy atom. The summed E-state index contributed by atoms with van der Waals surface area (Å²) in [5.74, 6) is -1.11. The van der Waals surface area contributed by atoms with Gasteiger partial charge in [0.05, 0.1) is 11.1 Å². The van der Waals surface area contributed by atoms with Gasteiger partial charge in [-0.05, 0) is 37.1 Å². The van der Waals surface area contributed by atoms with Crippen LogP contribution in [0.25, 0.3) is 16.6 Å².